The van der Waals surface area contributed by atoms with Gasteiger partial charge in [-0.15, -0.1) is 0 Å². The van der Waals surface area contributed by atoms with Gasteiger partial charge in [-0.25, -0.2) is 0 Å². The van der Waals surface area contributed by atoms with Crippen molar-refractivity contribution >= 4 is 11.8 Å². The second-order valence-electron chi connectivity index (χ2n) is 3.21. The van der Waals surface area contributed by atoms with Gasteiger partial charge in [0.15, 0.2) is 0 Å². The standard InChI is InChI=1S/C10H12N4O2/c1-14-5-2-8(7-14)6-13-10(16)9(15)12-4-3-11/h2,5,7H,4,6H2,1H3,(H,12,15)(H,13,16). The lowest BCUT2D eigenvalue weighted by Crippen LogP contribution is -2.39. The fourth-order valence-corrected chi connectivity index (χ4v) is 1.13. The van der Waals surface area contributed by atoms with Crippen molar-refractivity contribution in [3.63, 3.8) is 0 Å². The fraction of sp³-hybridized carbons (Fsp3) is 0.300. The number of rotatable bonds is 3. The van der Waals surface area contributed by atoms with Crippen molar-refractivity contribution in [1.82, 2.24) is 15.2 Å². The Labute approximate surface area is 92.9 Å². The number of aromatic nitrogens is 1. The highest BCUT2D eigenvalue weighted by atomic mass is 16.2. The van der Waals surface area contributed by atoms with Crippen LogP contribution in [0.4, 0.5) is 0 Å². The topological polar surface area (TPSA) is 86.9 Å². The molecule has 1 rings (SSSR count). The fourth-order valence-electron chi connectivity index (χ4n) is 1.13. The van der Waals surface area contributed by atoms with Gasteiger partial charge < -0.3 is 15.2 Å². The van der Waals surface area contributed by atoms with Crippen molar-refractivity contribution in [3.8, 4) is 6.07 Å². The first-order chi connectivity index (χ1) is 7.63. The first kappa shape index (κ1) is 11.8. The largest absolute Gasteiger partial charge is 0.357 e. The van der Waals surface area contributed by atoms with Gasteiger partial charge >= 0.3 is 11.8 Å². The van der Waals surface area contributed by atoms with Crippen molar-refractivity contribution < 1.29 is 9.59 Å². The number of aryl methyl sites for hydroxylation is 1. The molecule has 0 bridgehead atoms. The summed E-state index contributed by atoms with van der Waals surface area (Å²) in [5, 5.41) is 12.8. The van der Waals surface area contributed by atoms with Crippen LogP contribution in [0.3, 0.4) is 0 Å². The van der Waals surface area contributed by atoms with Crippen LogP contribution in [-0.4, -0.2) is 22.9 Å². The van der Waals surface area contributed by atoms with Gasteiger partial charge in [0, 0.05) is 26.0 Å². The number of nitrogens with one attached hydrogen (secondary N) is 2. The zero-order chi connectivity index (χ0) is 12.0. The second-order valence-corrected chi connectivity index (χ2v) is 3.21. The maximum Gasteiger partial charge on any atom is 0.310 e. The van der Waals surface area contributed by atoms with Crippen LogP contribution in [0.15, 0.2) is 18.5 Å². The van der Waals surface area contributed by atoms with E-state index in [2.05, 4.69) is 10.6 Å². The summed E-state index contributed by atoms with van der Waals surface area (Å²) >= 11 is 0. The zero-order valence-electron chi connectivity index (χ0n) is 8.86. The van der Waals surface area contributed by atoms with Crippen molar-refractivity contribution in [2.24, 2.45) is 7.05 Å². The molecule has 84 valence electrons. The quantitative estimate of drug-likeness (QED) is 0.520. The van der Waals surface area contributed by atoms with Gasteiger partial charge in [-0.05, 0) is 11.6 Å². The van der Waals surface area contributed by atoms with Gasteiger partial charge in [-0.1, -0.05) is 0 Å². The van der Waals surface area contributed by atoms with E-state index < -0.39 is 11.8 Å². The normalized spacial score (nSPS) is 9.25. The lowest BCUT2D eigenvalue weighted by Gasteiger charge is -2.02. The van der Waals surface area contributed by atoms with Crippen LogP contribution < -0.4 is 10.6 Å². The molecule has 1 aromatic rings. The third kappa shape index (κ3) is 3.46. The summed E-state index contributed by atoms with van der Waals surface area (Å²) in [6, 6.07) is 3.56. The summed E-state index contributed by atoms with van der Waals surface area (Å²) in [6.45, 7) is 0.122. The molecule has 0 aliphatic rings. The number of hydrogen-bond donors (Lipinski definition) is 2. The molecular weight excluding hydrogens is 208 g/mol. The number of nitriles is 1. The number of carbonyl (C=O) groups is 2. The first-order valence-electron chi connectivity index (χ1n) is 4.67. The highest BCUT2D eigenvalue weighted by Crippen LogP contribution is 1.97. The summed E-state index contributed by atoms with van der Waals surface area (Å²) in [6.07, 6.45) is 3.69. The lowest BCUT2D eigenvalue weighted by molar-refractivity contribution is -0.139. The summed E-state index contributed by atoms with van der Waals surface area (Å²) in [4.78, 5) is 22.2. The number of amides is 2. The van der Waals surface area contributed by atoms with E-state index in [-0.39, 0.29) is 6.54 Å². The Balaban J connectivity index is 2.35. The van der Waals surface area contributed by atoms with Crippen LogP contribution in [0.25, 0.3) is 0 Å². The van der Waals surface area contributed by atoms with Crippen LogP contribution in [-0.2, 0) is 23.2 Å². The molecule has 0 unspecified atom stereocenters. The number of nitrogens with zero attached hydrogens (tertiary/aromatic N) is 2. The molecule has 0 aromatic carbocycles. The molecule has 0 spiro atoms. The highest BCUT2D eigenvalue weighted by molar-refractivity contribution is 6.35. The van der Waals surface area contributed by atoms with Crippen molar-refractivity contribution in [2.45, 2.75) is 6.54 Å². The molecule has 6 nitrogen and oxygen atoms in total. The molecule has 0 saturated carbocycles. The van der Waals surface area contributed by atoms with E-state index in [1.54, 1.807) is 6.07 Å². The van der Waals surface area contributed by atoms with Crippen LogP contribution >= 0.6 is 0 Å². The highest BCUT2D eigenvalue weighted by Gasteiger charge is 2.11. The summed E-state index contributed by atoms with van der Waals surface area (Å²) < 4.78 is 1.84. The van der Waals surface area contributed by atoms with E-state index in [4.69, 9.17) is 5.26 Å². The van der Waals surface area contributed by atoms with Gasteiger partial charge in [0.25, 0.3) is 0 Å². The molecule has 0 aliphatic carbocycles. The Bertz CT molecular complexity index is 430. The Kier molecular flexibility index (Phi) is 4.09. The number of hydrogen-bond acceptors (Lipinski definition) is 3. The maximum absolute atomic E-state index is 11.2. The molecular formula is C10H12N4O2. The number of carbonyl (C=O) groups excluding carboxylic acids is 2. The molecule has 16 heavy (non-hydrogen) atoms. The molecule has 0 aliphatic heterocycles. The molecule has 0 fully saturated rings. The summed E-state index contributed by atoms with van der Waals surface area (Å²) in [7, 11) is 1.87. The van der Waals surface area contributed by atoms with Gasteiger partial charge in [-0.3, -0.25) is 9.59 Å². The minimum absolute atomic E-state index is 0.169. The van der Waals surface area contributed by atoms with E-state index >= 15 is 0 Å². The Hall–Kier alpha value is -2.29. The van der Waals surface area contributed by atoms with E-state index in [0.29, 0.717) is 6.54 Å². The van der Waals surface area contributed by atoms with Crippen LogP contribution in [0, 0.1) is 11.3 Å². The Morgan fingerprint density at radius 2 is 2.12 bits per heavy atom. The Morgan fingerprint density at radius 3 is 2.69 bits per heavy atom. The van der Waals surface area contributed by atoms with Crippen molar-refractivity contribution in [3.05, 3.63) is 24.0 Å². The molecule has 1 aromatic heterocycles. The van der Waals surface area contributed by atoms with Crippen LogP contribution in [0.1, 0.15) is 5.56 Å². The average Bonchev–Trinajstić information content (AvgIpc) is 2.68. The van der Waals surface area contributed by atoms with E-state index in [9.17, 15) is 9.59 Å². The lowest BCUT2D eigenvalue weighted by atomic mass is 10.3. The minimum atomic E-state index is -0.794. The second kappa shape index (κ2) is 5.56. The van der Waals surface area contributed by atoms with Crippen LogP contribution in [0.2, 0.25) is 0 Å². The monoisotopic (exact) mass is 220 g/mol. The predicted octanol–water partition coefficient (Wildman–Crippen LogP) is -0.719. The smallest absolute Gasteiger partial charge is 0.310 e. The summed E-state index contributed by atoms with van der Waals surface area (Å²) in [5.41, 5.74) is 0.906. The molecule has 0 atom stereocenters. The van der Waals surface area contributed by atoms with Gasteiger partial charge in [0.05, 0.1) is 6.07 Å². The van der Waals surface area contributed by atoms with Crippen LogP contribution in [0.5, 0.6) is 0 Å². The summed E-state index contributed by atoms with van der Waals surface area (Å²) in [5.74, 6) is -1.53. The van der Waals surface area contributed by atoms with Gasteiger partial charge in [-0.2, -0.15) is 5.26 Å². The van der Waals surface area contributed by atoms with Gasteiger partial charge in [0.1, 0.15) is 6.54 Å². The third-order valence-electron chi connectivity index (χ3n) is 1.88. The van der Waals surface area contributed by atoms with Crippen molar-refractivity contribution in [2.75, 3.05) is 6.54 Å². The van der Waals surface area contributed by atoms with E-state index in [1.165, 1.54) is 0 Å². The molecule has 0 radical (unpaired) electrons. The SMILES string of the molecule is Cn1ccc(CNC(=O)C(=O)NCC#N)c1. The first-order valence-corrected chi connectivity index (χ1v) is 4.67. The van der Waals surface area contributed by atoms with Gasteiger partial charge in [0.2, 0.25) is 0 Å². The molecule has 0 saturated heterocycles. The zero-order valence-corrected chi connectivity index (χ0v) is 8.86. The van der Waals surface area contributed by atoms with E-state index in [0.717, 1.165) is 5.56 Å². The molecule has 2 amide bonds. The molecule has 1 heterocycles. The third-order valence-corrected chi connectivity index (χ3v) is 1.88. The van der Waals surface area contributed by atoms with E-state index in [1.807, 2.05) is 30.1 Å². The molecule has 2 N–H and O–H groups in total. The van der Waals surface area contributed by atoms with Crippen molar-refractivity contribution in [1.29, 1.82) is 5.26 Å². The average molecular weight is 220 g/mol. The minimum Gasteiger partial charge on any atom is -0.357 e. The maximum atomic E-state index is 11.2. The predicted molar refractivity (Wildman–Crippen MR) is 55.9 cm³/mol. The Morgan fingerprint density at radius 1 is 1.44 bits per heavy atom. The molecule has 6 heteroatoms.